The third-order valence-electron chi connectivity index (χ3n) is 6.13. The van der Waals surface area contributed by atoms with E-state index in [2.05, 4.69) is 28.2 Å². The van der Waals surface area contributed by atoms with Crippen molar-refractivity contribution in [3.05, 3.63) is 65.6 Å². The molecule has 5 rings (SSSR count). The quantitative estimate of drug-likeness (QED) is 0.620. The fourth-order valence-corrected chi connectivity index (χ4v) is 4.10. The average molecular weight is 418 g/mol. The minimum absolute atomic E-state index is 0.139. The van der Waals surface area contributed by atoms with E-state index in [9.17, 15) is 4.79 Å². The van der Waals surface area contributed by atoms with Gasteiger partial charge in [-0.15, -0.1) is 0 Å². The lowest BCUT2D eigenvalue weighted by Crippen LogP contribution is -2.26. The highest BCUT2D eigenvalue weighted by molar-refractivity contribution is 5.94. The number of aryl methyl sites for hydroxylation is 2. The topological polar surface area (TPSA) is 65.4 Å². The van der Waals surface area contributed by atoms with Crippen LogP contribution in [0.5, 0.6) is 11.5 Å². The van der Waals surface area contributed by atoms with Gasteiger partial charge in [-0.1, -0.05) is 6.07 Å². The van der Waals surface area contributed by atoms with Crippen molar-refractivity contribution >= 4 is 5.91 Å². The van der Waals surface area contributed by atoms with Crippen molar-refractivity contribution in [3.8, 4) is 22.8 Å². The molecular formula is C25H27N3O3. The van der Waals surface area contributed by atoms with Crippen LogP contribution < -0.4 is 14.8 Å². The number of benzene rings is 2. The fraction of sp³-hybridized carbons (Fsp3) is 0.360. The Morgan fingerprint density at radius 1 is 1.19 bits per heavy atom. The van der Waals surface area contributed by atoms with Crippen molar-refractivity contribution in [1.29, 1.82) is 0 Å². The second kappa shape index (κ2) is 8.46. The summed E-state index contributed by atoms with van der Waals surface area (Å²) >= 11 is 0. The number of hydrogen-bond acceptors (Lipinski definition) is 4. The molecule has 1 amide bonds. The number of methoxy groups -OCH3 is 1. The van der Waals surface area contributed by atoms with Gasteiger partial charge in [-0.3, -0.25) is 4.79 Å². The lowest BCUT2D eigenvalue weighted by atomic mass is 9.96. The van der Waals surface area contributed by atoms with Crippen molar-refractivity contribution in [2.45, 2.75) is 51.3 Å². The summed E-state index contributed by atoms with van der Waals surface area (Å²) in [6.07, 6.45) is 7.99. The molecule has 3 aromatic rings. The molecule has 31 heavy (non-hydrogen) atoms. The lowest BCUT2D eigenvalue weighted by Gasteiger charge is -2.27. The van der Waals surface area contributed by atoms with E-state index in [4.69, 9.17) is 14.5 Å². The van der Waals surface area contributed by atoms with Crippen LogP contribution in [0.1, 0.15) is 47.4 Å². The van der Waals surface area contributed by atoms with Crippen LogP contribution in [-0.2, 0) is 19.5 Å². The number of amides is 1. The summed E-state index contributed by atoms with van der Waals surface area (Å²) in [6.45, 7) is 1.42. The third-order valence-corrected chi connectivity index (χ3v) is 6.13. The maximum Gasteiger partial charge on any atom is 0.251 e. The normalized spacial score (nSPS) is 15.3. The highest BCUT2D eigenvalue weighted by Crippen LogP contribution is 2.31. The molecule has 1 fully saturated rings. The number of aromatic nitrogens is 2. The Balaban J connectivity index is 1.37. The Morgan fingerprint density at radius 2 is 2.10 bits per heavy atom. The average Bonchev–Trinajstić information content (AvgIpc) is 3.37. The van der Waals surface area contributed by atoms with E-state index >= 15 is 0 Å². The summed E-state index contributed by atoms with van der Waals surface area (Å²) in [7, 11) is 1.60. The molecular weight excluding hydrogens is 390 g/mol. The first-order valence-electron chi connectivity index (χ1n) is 11.0. The number of rotatable bonds is 7. The van der Waals surface area contributed by atoms with E-state index in [0.29, 0.717) is 17.9 Å². The second-order valence-electron chi connectivity index (χ2n) is 8.25. The number of fused-ring (bicyclic) bond motifs is 1. The van der Waals surface area contributed by atoms with Gasteiger partial charge in [0.25, 0.3) is 5.91 Å². The second-order valence-corrected chi connectivity index (χ2v) is 8.25. The highest BCUT2D eigenvalue weighted by atomic mass is 16.5. The van der Waals surface area contributed by atoms with Gasteiger partial charge in [0.15, 0.2) is 0 Å². The Labute approximate surface area is 182 Å². The predicted octanol–water partition coefficient (Wildman–Crippen LogP) is 4.37. The smallest absolute Gasteiger partial charge is 0.251 e. The van der Waals surface area contributed by atoms with Gasteiger partial charge in [0.2, 0.25) is 0 Å². The molecule has 0 bridgehead atoms. The first-order chi connectivity index (χ1) is 15.2. The molecule has 1 aliphatic carbocycles. The van der Waals surface area contributed by atoms with Crippen molar-refractivity contribution in [1.82, 2.24) is 14.9 Å². The molecule has 0 atom stereocenters. The SMILES string of the molecule is COc1cccc(C(=O)NCc2cc(-c3cn4c(n3)CCC4)ccc2OC2CCC2)c1. The summed E-state index contributed by atoms with van der Waals surface area (Å²) in [5.41, 5.74) is 3.56. The number of nitrogens with one attached hydrogen (secondary N) is 1. The maximum absolute atomic E-state index is 12.7. The Hall–Kier alpha value is -3.28. The molecule has 1 N–H and O–H groups in total. The molecule has 2 aromatic carbocycles. The molecule has 0 spiro atoms. The van der Waals surface area contributed by atoms with Crippen LogP contribution in [0.4, 0.5) is 0 Å². The van der Waals surface area contributed by atoms with Gasteiger partial charge in [-0.25, -0.2) is 4.98 Å². The van der Waals surface area contributed by atoms with Crippen LogP contribution in [0.2, 0.25) is 0 Å². The molecule has 1 aliphatic heterocycles. The number of carbonyl (C=O) groups is 1. The van der Waals surface area contributed by atoms with Crippen LogP contribution in [0.3, 0.4) is 0 Å². The molecule has 1 saturated carbocycles. The molecule has 2 heterocycles. The van der Waals surface area contributed by atoms with E-state index in [-0.39, 0.29) is 12.0 Å². The largest absolute Gasteiger partial charge is 0.497 e. The van der Waals surface area contributed by atoms with Crippen LogP contribution in [0.25, 0.3) is 11.3 Å². The summed E-state index contributed by atoms with van der Waals surface area (Å²) in [6, 6.07) is 13.4. The zero-order valence-electron chi connectivity index (χ0n) is 17.8. The minimum Gasteiger partial charge on any atom is -0.497 e. The van der Waals surface area contributed by atoms with Gasteiger partial charge in [-0.2, -0.15) is 0 Å². The minimum atomic E-state index is -0.139. The monoisotopic (exact) mass is 417 g/mol. The van der Waals surface area contributed by atoms with Crippen molar-refractivity contribution in [2.75, 3.05) is 7.11 Å². The van der Waals surface area contributed by atoms with Crippen LogP contribution in [0, 0.1) is 0 Å². The van der Waals surface area contributed by atoms with Gasteiger partial charge >= 0.3 is 0 Å². The van der Waals surface area contributed by atoms with Crippen molar-refractivity contribution < 1.29 is 14.3 Å². The summed E-state index contributed by atoms with van der Waals surface area (Å²) in [5, 5.41) is 3.03. The van der Waals surface area contributed by atoms with E-state index in [1.54, 1.807) is 19.2 Å². The molecule has 6 nitrogen and oxygen atoms in total. The third kappa shape index (κ3) is 4.15. The van der Waals surface area contributed by atoms with E-state index in [1.807, 2.05) is 18.2 Å². The first kappa shape index (κ1) is 19.7. The molecule has 0 radical (unpaired) electrons. The summed E-state index contributed by atoms with van der Waals surface area (Å²) in [4.78, 5) is 17.5. The summed E-state index contributed by atoms with van der Waals surface area (Å²) < 4.78 is 13.7. The molecule has 0 saturated heterocycles. The van der Waals surface area contributed by atoms with Gasteiger partial charge in [-0.05, 0) is 62.1 Å². The van der Waals surface area contributed by atoms with E-state index in [1.165, 1.54) is 12.8 Å². The zero-order valence-corrected chi connectivity index (χ0v) is 17.8. The van der Waals surface area contributed by atoms with Crippen LogP contribution >= 0.6 is 0 Å². The van der Waals surface area contributed by atoms with Gasteiger partial charge in [0.05, 0.1) is 18.9 Å². The van der Waals surface area contributed by atoms with E-state index < -0.39 is 0 Å². The number of hydrogen-bond donors (Lipinski definition) is 1. The number of carbonyl (C=O) groups excluding carboxylic acids is 1. The zero-order chi connectivity index (χ0) is 21.2. The molecule has 2 aliphatic rings. The van der Waals surface area contributed by atoms with Gasteiger partial charge < -0.3 is 19.4 Å². The first-order valence-corrected chi connectivity index (χ1v) is 11.0. The lowest BCUT2D eigenvalue weighted by molar-refractivity contribution is 0.0948. The standard InChI is InChI=1S/C25H27N3O3/c1-30-21-8-2-5-18(14-21)25(29)26-15-19-13-17(10-11-23(19)31-20-6-3-7-20)22-16-28-12-4-9-24(28)27-22/h2,5,8,10-11,13-14,16,20H,3-4,6-7,9,12,15H2,1H3,(H,26,29). The van der Waals surface area contributed by atoms with Crippen LogP contribution in [0.15, 0.2) is 48.7 Å². The Bertz CT molecular complexity index is 1080. The molecule has 6 heteroatoms. The predicted molar refractivity (Wildman–Crippen MR) is 118 cm³/mol. The number of imidazole rings is 1. The maximum atomic E-state index is 12.7. The summed E-state index contributed by atoms with van der Waals surface area (Å²) in [5.74, 6) is 2.51. The Kier molecular flexibility index (Phi) is 5.37. The van der Waals surface area contributed by atoms with Gasteiger partial charge in [0.1, 0.15) is 17.3 Å². The molecule has 160 valence electrons. The number of nitrogens with zero attached hydrogens (tertiary/aromatic N) is 2. The highest BCUT2D eigenvalue weighted by Gasteiger charge is 2.21. The van der Waals surface area contributed by atoms with E-state index in [0.717, 1.165) is 54.2 Å². The van der Waals surface area contributed by atoms with Gasteiger partial charge in [0, 0.05) is 42.4 Å². The fourth-order valence-electron chi connectivity index (χ4n) is 4.10. The van der Waals surface area contributed by atoms with Crippen molar-refractivity contribution in [2.24, 2.45) is 0 Å². The van der Waals surface area contributed by atoms with Crippen molar-refractivity contribution in [3.63, 3.8) is 0 Å². The Morgan fingerprint density at radius 3 is 2.87 bits per heavy atom. The molecule has 1 aromatic heterocycles. The molecule has 0 unspecified atom stereocenters. The number of ether oxygens (including phenoxy) is 2. The van der Waals surface area contributed by atoms with Crippen LogP contribution in [-0.4, -0.2) is 28.7 Å².